The van der Waals surface area contributed by atoms with E-state index in [1.54, 1.807) is 0 Å². The quantitative estimate of drug-likeness (QED) is 0.720. The number of amides is 2. The molecule has 18 heavy (non-hydrogen) atoms. The maximum Gasteiger partial charge on any atom is 0.317 e. The Morgan fingerprint density at radius 2 is 2.17 bits per heavy atom. The van der Waals surface area contributed by atoms with Gasteiger partial charge in [0.05, 0.1) is 6.04 Å². The summed E-state index contributed by atoms with van der Waals surface area (Å²) in [5, 5.41) is 2.89. The van der Waals surface area contributed by atoms with Gasteiger partial charge in [0.1, 0.15) is 0 Å². The smallest absolute Gasteiger partial charge is 0.317 e. The summed E-state index contributed by atoms with van der Waals surface area (Å²) >= 11 is 0. The van der Waals surface area contributed by atoms with Crippen molar-refractivity contribution < 1.29 is 4.79 Å². The molecule has 1 unspecified atom stereocenters. The minimum absolute atomic E-state index is 0.0726. The van der Waals surface area contributed by atoms with E-state index in [2.05, 4.69) is 23.2 Å². The Balaban J connectivity index is 1.80. The van der Waals surface area contributed by atoms with E-state index in [-0.39, 0.29) is 12.1 Å². The molecule has 2 amide bonds. The minimum Gasteiger partial charge on any atom is -0.399 e. The molecule has 3 rings (SSSR count). The van der Waals surface area contributed by atoms with Crippen molar-refractivity contribution in [2.75, 3.05) is 36.8 Å². The van der Waals surface area contributed by atoms with Crippen LogP contribution in [0.3, 0.4) is 0 Å². The molecule has 3 N–H and O–H groups in total. The van der Waals surface area contributed by atoms with Crippen molar-refractivity contribution in [2.24, 2.45) is 0 Å². The fraction of sp³-hybridized carbons (Fsp3) is 0.462. The highest BCUT2D eigenvalue weighted by atomic mass is 16.2. The number of benzene rings is 1. The van der Waals surface area contributed by atoms with Crippen LogP contribution in [-0.4, -0.2) is 43.2 Å². The van der Waals surface area contributed by atoms with Crippen LogP contribution in [0.15, 0.2) is 18.2 Å². The van der Waals surface area contributed by atoms with Crippen LogP contribution in [0.2, 0.25) is 0 Å². The van der Waals surface area contributed by atoms with E-state index in [4.69, 9.17) is 5.73 Å². The average Bonchev–Trinajstić information content (AvgIpc) is 2.69. The molecule has 0 aliphatic carbocycles. The number of carbonyl (C=O) groups excluding carboxylic acids is 1. The first-order valence-corrected chi connectivity index (χ1v) is 6.30. The number of nitrogens with two attached hydrogens (primary N) is 1. The summed E-state index contributed by atoms with van der Waals surface area (Å²) in [5.74, 6) is 0. The maximum absolute atomic E-state index is 11.5. The zero-order valence-electron chi connectivity index (χ0n) is 10.5. The van der Waals surface area contributed by atoms with E-state index in [1.807, 2.05) is 17.0 Å². The Kier molecular flexibility index (Phi) is 2.54. The van der Waals surface area contributed by atoms with Gasteiger partial charge >= 0.3 is 6.03 Å². The summed E-state index contributed by atoms with van der Waals surface area (Å²) in [6, 6.07) is 6.49. The molecule has 2 aliphatic rings. The van der Waals surface area contributed by atoms with E-state index >= 15 is 0 Å². The Morgan fingerprint density at radius 3 is 2.94 bits per heavy atom. The van der Waals surface area contributed by atoms with Crippen LogP contribution in [0, 0.1) is 6.92 Å². The topological polar surface area (TPSA) is 61.6 Å². The summed E-state index contributed by atoms with van der Waals surface area (Å²) < 4.78 is 0. The predicted molar refractivity (Wildman–Crippen MR) is 71.7 cm³/mol. The van der Waals surface area contributed by atoms with Gasteiger partial charge < -0.3 is 20.9 Å². The monoisotopic (exact) mass is 246 g/mol. The van der Waals surface area contributed by atoms with Crippen LogP contribution in [0.1, 0.15) is 5.56 Å². The van der Waals surface area contributed by atoms with Gasteiger partial charge in [-0.1, -0.05) is 0 Å². The third-order valence-electron chi connectivity index (χ3n) is 3.68. The first kappa shape index (κ1) is 11.2. The van der Waals surface area contributed by atoms with Gasteiger partial charge in [-0.2, -0.15) is 0 Å². The van der Waals surface area contributed by atoms with Gasteiger partial charge in [-0.05, 0) is 30.7 Å². The lowest BCUT2D eigenvalue weighted by atomic mass is 10.1. The highest BCUT2D eigenvalue weighted by Gasteiger charge is 2.35. The fourth-order valence-corrected chi connectivity index (χ4v) is 2.81. The van der Waals surface area contributed by atoms with Crippen molar-refractivity contribution in [3.05, 3.63) is 23.8 Å². The van der Waals surface area contributed by atoms with Crippen LogP contribution in [-0.2, 0) is 0 Å². The van der Waals surface area contributed by atoms with Crippen molar-refractivity contribution >= 4 is 17.4 Å². The number of piperazine rings is 1. The van der Waals surface area contributed by atoms with Crippen molar-refractivity contribution in [1.29, 1.82) is 0 Å². The SMILES string of the molecule is Cc1cc(N)cc(N2CCN3C(=O)NCC3C2)c1. The number of anilines is 2. The number of nitrogen functional groups attached to an aromatic ring is 1. The van der Waals surface area contributed by atoms with Crippen LogP contribution in [0.25, 0.3) is 0 Å². The molecule has 1 aromatic carbocycles. The lowest BCUT2D eigenvalue weighted by Crippen LogP contribution is -2.52. The molecule has 2 heterocycles. The second-order valence-corrected chi connectivity index (χ2v) is 5.08. The Morgan fingerprint density at radius 1 is 1.33 bits per heavy atom. The molecule has 0 spiro atoms. The van der Waals surface area contributed by atoms with E-state index < -0.39 is 0 Å². The second-order valence-electron chi connectivity index (χ2n) is 5.08. The predicted octanol–water partition coefficient (Wildman–Crippen LogP) is 0.791. The van der Waals surface area contributed by atoms with Gasteiger partial charge in [0.15, 0.2) is 0 Å². The fourth-order valence-electron chi connectivity index (χ4n) is 2.81. The Hall–Kier alpha value is -1.91. The number of rotatable bonds is 1. The minimum atomic E-state index is 0.0726. The average molecular weight is 246 g/mol. The van der Waals surface area contributed by atoms with Crippen LogP contribution >= 0.6 is 0 Å². The van der Waals surface area contributed by atoms with Crippen molar-refractivity contribution in [3.8, 4) is 0 Å². The highest BCUT2D eigenvalue weighted by molar-refractivity contribution is 5.77. The third kappa shape index (κ3) is 1.85. The lowest BCUT2D eigenvalue weighted by molar-refractivity contribution is 0.197. The van der Waals surface area contributed by atoms with Gasteiger partial charge in [-0.15, -0.1) is 0 Å². The maximum atomic E-state index is 11.5. The van der Waals surface area contributed by atoms with E-state index in [1.165, 1.54) is 5.56 Å². The van der Waals surface area contributed by atoms with Crippen LogP contribution < -0.4 is 16.0 Å². The number of urea groups is 1. The number of fused-ring (bicyclic) bond motifs is 1. The second kappa shape index (κ2) is 4.08. The van der Waals surface area contributed by atoms with E-state index in [0.717, 1.165) is 37.6 Å². The molecule has 96 valence electrons. The molecule has 5 nitrogen and oxygen atoms in total. The zero-order valence-corrected chi connectivity index (χ0v) is 10.5. The van der Waals surface area contributed by atoms with Gasteiger partial charge in [0, 0.05) is 37.6 Å². The first-order valence-electron chi connectivity index (χ1n) is 6.30. The zero-order chi connectivity index (χ0) is 12.7. The highest BCUT2D eigenvalue weighted by Crippen LogP contribution is 2.24. The summed E-state index contributed by atoms with van der Waals surface area (Å²) in [4.78, 5) is 15.8. The molecule has 2 saturated heterocycles. The molecule has 0 radical (unpaired) electrons. The number of hydrogen-bond donors (Lipinski definition) is 2. The molecular weight excluding hydrogens is 228 g/mol. The standard InChI is InChI=1S/C13H18N4O/c1-9-4-10(14)6-11(5-9)16-2-3-17-12(8-16)7-15-13(17)18/h4-6,12H,2-3,7-8,14H2,1H3,(H,15,18). The molecule has 0 bridgehead atoms. The van der Waals surface area contributed by atoms with E-state index in [9.17, 15) is 4.79 Å². The number of nitrogens with one attached hydrogen (secondary N) is 1. The van der Waals surface area contributed by atoms with Crippen LogP contribution in [0.4, 0.5) is 16.2 Å². The van der Waals surface area contributed by atoms with Gasteiger partial charge in [0.2, 0.25) is 0 Å². The summed E-state index contributed by atoms with van der Waals surface area (Å²) in [5.41, 5.74) is 9.02. The lowest BCUT2D eigenvalue weighted by Gasteiger charge is -2.38. The number of hydrogen-bond acceptors (Lipinski definition) is 3. The molecule has 5 heteroatoms. The first-order chi connectivity index (χ1) is 8.63. The van der Waals surface area contributed by atoms with Gasteiger partial charge in [0.25, 0.3) is 0 Å². The van der Waals surface area contributed by atoms with E-state index in [0.29, 0.717) is 0 Å². The molecular formula is C13H18N4O. The van der Waals surface area contributed by atoms with Crippen molar-refractivity contribution in [1.82, 2.24) is 10.2 Å². The number of aryl methyl sites for hydroxylation is 1. The van der Waals surface area contributed by atoms with Gasteiger partial charge in [-0.25, -0.2) is 4.79 Å². The largest absolute Gasteiger partial charge is 0.399 e. The number of nitrogens with zero attached hydrogens (tertiary/aromatic N) is 2. The molecule has 2 fully saturated rings. The van der Waals surface area contributed by atoms with Crippen molar-refractivity contribution in [3.63, 3.8) is 0 Å². The Bertz CT molecular complexity index is 468. The normalized spacial score (nSPS) is 22.9. The summed E-state index contributed by atoms with van der Waals surface area (Å²) in [7, 11) is 0. The van der Waals surface area contributed by atoms with Crippen molar-refractivity contribution in [2.45, 2.75) is 13.0 Å². The summed E-state index contributed by atoms with van der Waals surface area (Å²) in [6.07, 6.45) is 0. The molecule has 0 saturated carbocycles. The van der Waals surface area contributed by atoms with Gasteiger partial charge in [-0.3, -0.25) is 0 Å². The molecule has 1 atom stereocenters. The molecule has 0 aromatic heterocycles. The molecule has 2 aliphatic heterocycles. The summed E-state index contributed by atoms with van der Waals surface area (Å²) in [6.45, 7) is 5.33. The molecule has 1 aromatic rings. The van der Waals surface area contributed by atoms with Crippen LogP contribution in [0.5, 0.6) is 0 Å². The Labute approximate surface area is 107 Å². The third-order valence-corrected chi connectivity index (χ3v) is 3.68. The number of carbonyl (C=O) groups is 1.